The van der Waals surface area contributed by atoms with Gasteiger partial charge in [-0.3, -0.25) is 0 Å². The van der Waals surface area contributed by atoms with E-state index in [2.05, 4.69) is 57.2 Å². The van der Waals surface area contributed by atoms with Gasteiger partial charge in [0.05, 0.1) is 5.60 Å². The highest BCUT2D eigenvalue weighted by atomic mass is 16.5. The Hall–Kier alpha value is -1.34. The quantitative estimate of drug-likeness (QED) is 0.721. The number of hydrogen-bond acceptors (Lipinski definition) is 1. The van der Waals surface area contributed by atoms with Gasteiger partial charge < -0.3 is 4.74 Å². The largest absolute Gasteiger partial charge is 0.376 e. The number of aryl methyl sites for hydroxylation is 1. The summed E-state index contributed by atoms with van der Waals surface area (Å²) in [6, 6.07) is 15.9. The van der Waals surface area contributed by atoms with Crippen molar-refractivity contribution in [2.45, 2.75) is 39.2 Å². The van der Waals surface area contributed by atoms with Crippen molar-refractivity contribution in [3.05, 3.63) is 48.0 Å². The molecule has 0 aliphatic heterocycles. The van der Waals surface area contributed by atoms with Crippen molar-refractivity contribution in [3.8, 4) is 0 Å². The lowest BCUT2D eigenvalue weighted by molar-refractivity contribution is -0.00381. The molecule has 0 spiro atoms. The van der Waals surface area contributed by atoms with Gasteiger partial charge in [0.25, 0.3) is 0 Å². The fraction of sp³-hybridized carbons (Fsp3) is 0.412. The van der Waals surface area contributed by atoms with Crippen LogP contribution in [0.4, 0.5) is 0 Å². The summed E-state index contributed by atoms with van der Waals surface area (Å²) in [5.74, 6) is 0. The Bertz CT molecular complexity index is 503. The molecule has 2 aromatic carbocycles. The summed E-state index contributed by atoms with van der Waals surface area (Å²) in [7, 11) is 0. The van der Waals surface area contributed by atoms with E-state index in [1.54, 1.807) is 0 Å². The summed E-state index contributed by atoms with van der Waals surface area (Å²) in [4.78, 5) is 0. The first kappa shape index (κ1) is 13.1. The topological polar surface area (TPSA) is 9.23 Å². The molecule has 18 heavy (non-hydrogen) atoms. The van der Waals surface area contributed by atoms with Gasteiger partial charge in [-0.1, -0.05) is 36.4 Å². The van der Waals surface area contributed by atoms with Crippen LogP contribution in [0.15, 0.2) is 36.4 Å². The van der Waals surface area contributed by atoms with Crippen LogP contribution in [0.5, 0.6) is 0 Å². The van der Waals surface area contributed by atoms with Crippen molar-refractivity contribution < 1.29 is 4.74 Å². The third kappa shape index (κ3) is 3.58. The zero-order chi connectivity index (χ0) is 13.0. The molecule has 0 bridgehead atoms. The fourth-order valence-electron chi connectivity index (χ4n) is 2.07. The van der Waals surface area contributed by atoms with Crippen LogP contribution < -0.4 is 0 Å². The Morgan fingerprint density at radius 3 is 2.67 bits per heavy atom. The van der Waals surface area contributed by atoms with Crippen LogP contribution in [-0.2, 0) is 11.2 Å². The summed E-state index contributed by atoms with van der Waals surface area (Å²) < 4.78 is 5.76. The molecule has 1 nitrogen and oxygen atoms in total. The molecule has 0 fully saturated rings. The van der Waals surface area contributed by atoms with Crippen LogP contribution in [0.25, 0.3) is 10.8 Å². The molecule has 0 N–H and O–H groups in total. The lowest BCUT2D eigenvalue weighted by atomic mass is 10.0. The molecule has 0 unspecified atom stereocenters. The van der Waals surface area contributed by atoms with Gasteiger partial charge in [0.15, 0.2) is 0 Å². The standard InChI is InChI=1S/C17H21O/c1-17(2,3)18-13-7-11-15-10-6-9-14-8-4-5-12-16(14)15/h4-6,8,10,12H,7,11,13H2,1-3H3. The smallest absolute Gasteiger partial charge is 0.0598 e. The minimum atomic E-state index is -0.0352. The van der Waals surface area contributed by atoms with E-state index in [-0.39, 0.29) is 5.60 Å². The van der Waals surface area contributed by atoms with Crippen LogP contribution in [0.1, 0.15) is 32.8 Å². The van der Waals surface area contributed by atoms with Gasteiger partial charge in [0.1, 0.15) is 0 Å². The number of benzene rings is 2. The second kappa shape index (κ2) is 5.53. The number of ether oxygens (including phenoxy) is 1. The molecule has 0 aliphatic rings. The highest BCUT2D eigenvalue weighted by Crippen LogP contribution is 2.19. The van der Waals surface area contributed by atoms with Gasteiger partial charge in [-0.2, -0.15) is 0 Å². The molecule has 0 atom stereocenters. The van der Waals surface area contributed by atoms with E-state index in [4.69, 9.17) is 4.74 Å². The van der Waals surface area contributed by atoms with Crippen molar-refractivity contribution in [2.75, 3.05) is 6.61 Å². The van der Waals surface area contributed by atoms with Crippen LogP contribution >= 0.6 is 0 Å². The van der Waals surface area contributed by atoms with Gasteiger partial charge in [0, 0.05) is 6.61 Å². The normalized spacial score (nSPS) is 11.9. The average Bonchev–Trinajstić information content (AvgIpc) is 2.33. The highest BCUT2D eigenvalue weighted by molar-refractivity contribution is 5.85. The molecule has 0 amide bonds. The number of fused-ring (bicyclic) bond motifs is 1. The Labute approximate surface area is 110 Å². The molecule has 0 aromatic heterocycles. The van der Waals surface area contributed by atoms with E-state index in [9.17, 15) is 0 Å². The molecule has 2 rings (SSSR count). The van der Waals surface area contributed by atoms with E-state index in [0.29, 0.717) is 0 Å². The van der Waals surface area contributed by atoms with E-state index in [1.165, 1.54) is 16.3 Å². The Morgan fingerprint density at radius 1 is 1.11 bits per heavy atom. The molecule has 0 saturated heterocycles. The van der Waals surface area contributed by atoms with Crippen molar-refractivity contribution in [3.63, 3.8) is 0 Å². The predicted molar refractivity (Wildman–Crippen MR) is 76.8 cm³/mol. The van der Waals surface area contributed by atoms with Gasteiger partial charge >= 0.3 is 0 Å². The van der Waals surface area contributed by atoms with Gasteiger partial charge in [-0.15, -0.1) is 0 Å². The van der Waals surface area contributed by atoms with Crippen molar-refractivity contribution in [1.29, 1.82) is 0 Å². The Balaban J connectivity index is 2.00. The maximum atomic E-state index is 5.76. The maximum absolute atomic E-state index is 5.76. The van der Waals surface area contributed by atoms with E-state index >= 15 is 0 Å². The Morgan fingerprint density at radius 2 is 1.89 bits per heavy atom. The van der Waals surface area contributed by atoms with Crippen molar-refractivity contribution in [1.82, 2.24) is 0 Å². The third-order valence-electron chi connectivity index (χ3n) is 2.92. The van der Waals surface area contributed by atoms with Crippen LogP contribution in [0.3, 0.4) is 0 Å². The summed E-state index contributed by atoms with van der Waals surface area (Å²) in [6.07, 6.45) is 2.12. The average molecular weight is 241 g/mol. The first-order valence-corrected chi connectivity index (χ1v) is 6.58. The minimum absolute atomic E-state index is 0.0352. The molecular weight excluding hydrogens is 220 g/mol. The monoisotopic (exact) mass is 241 g/mol. The van der Waals surface area contributed by atoms with Gasteiger partial charge in [-0.05, 0) is 56.0 Å². The van der Waals surface area contributed by atoms with Crippen molar-refractivity contribution >= 4 is 10.8 Å². The summed E-state index contributed by atoms with van der Waals surface area (Å²) in [6.45, 7) is 7.11. The zero-order valence-corrected chi connectivity index (χ0v) is 11.5. The van der Waals surface area contributed by atoms with E-state index < -0.39 is 0 Å². The Kier molecular flexibility index (Phi) is 4.03. The lowest BCUT2D eigenvalue weighted by Gasteiger charge is -2.19. The van der Waals surface area contributed by atoms with Crippen LogP contribution in [-0.4, -0.2) is 12.2 Å². The molecule has 2 aromatic rings. The summed E-state index contributed by atoms with van der Waals surface area (Å²) >= 11 is 0. The van der Waals surface area contributed by atoms with Crippen LogP contribution in [0.2, 0.25) is 0 Å². The van der Waals surface area contributed by atoms with Crippen LogP contribution in [0, 0.1) is 6.07 Å². The van der Waals surface area contributed by atoms with Gasteiger partial charge in [0.2, 0.25) is 0 Å². The second-order valence-electron chi connectivity index (χ2n) is 5.61. The molecule has 0 heterocycles. The lowest BCUT2D eigenvalue weighted by Crippen LogP contribution is -2.19. The third-order valence-corrected chi connectivity index (χ3v) is 2.92. The molecule has 95 valence electrons. The zero-order valence-electron chi connectivity index (χ0n) is 11.5. The minimum Gasteiger partial charge on any atom is -0.376 e. The molecule has 1 heteroatoms. The summed E-state index contributed by atoms with van der Waals surface area (Å²) in [5.41, 5.74) is 1.36. The molecule has 0 saturated carbocycles. The van der Waals surface area contributed by atoms with E-state index in [0.717, 1.165) is 19.4 Å². The highest BCUT2D eigenvalue weighted by Gasteiger charge is 2.09. The SMILES string of the molecule is CC(C)(C)OCCCc1cc[c]c2ccccc12. The first-order chi connectivity index (χ1) is 8.56. The molecule has 1 radical (unpaired) electrons. The second-order valence-corrected chi connectivity index (χ2v) is 5.61. The number of hydrogen-bond donors (Lipinski definition) is 0. The summed E-state index contributed by atoms with van der Waals surface area (Å²) in [5, 5.41) is 2.52. The number of rotatable bonds is 4. The maximum Gasteiger partial charge on any atom is 0.0598 e. The molecule has 0 aliphatic carbocycles. The predicted octanol–water partition coefficient (Wildman–Crippen LogP) is 4.39. The van der Waals surface area contributed by atoms with E-state index in [1.807, 2.05) is 6.07 Å². The van der Waals surface area contributed by atoms with Crippen molar-refractivity contribution in [2.24, 2.45) is 0 Å². The molecular formula is C17H21O. The van der Waals surface area contributed by atoms with Gasteiger partial charge in [-0.25, -0.2) is 0 Å². The first-order valence-electron chi connectivity index (χ1n) is 6.58. The fourth-order valence-corrected chi connectivity index (χ4v) is 2.07.